The van der Waals surface area contributed by atoms with Crippen LogP contribution in [0, 0.1) is 11.8 Å². The van der Waals surface area contributed by atoms with E-state index < -0.39 is 10.1 Å². The van der Waals surface area contributed by atoms with Gasteiger partial charge >= 0.3 is 10.1 Å². The Morgan fingerprint density at radius 3 is 2.60 bits per heavy atom. The molecule has 9 heteroatoms. The Kier molecular flexibility index (Phi) is 5.38. The van der Waals surface area contributed by atoms with Gasteiger partial charge in [-0.15, -0.1) is 0 Å². The van der Waals surface area contributed by atoms with Crippen LogP contribution in [-0.4, -0.2) is 30.8 Å². The van der Waals surface area contributed by atoms with Crippen molar-refractivity contribution >= 4 is 38.7 Å². The minimum Gasteiger partial charge on any atom is -0.385 e. The van der Waals surface area contributed by atoms with E-state index in [0.717, 1.165) is 25.1 Å². The Bertz CT molecular complexity index is 1170. The molecule has 0 saturated heterocycles. The molecule has 1 aliphatic carbocycles. The van der Waals surface area contributed by atoms with Crippen LogP contribution in [-0.2, 0) is 14.9 Å². The van der Waals surface area contributed by atoms with Crippen LogP contribution in [0.5, 0.6) is 5.75 Å². The highest BCUT2D eigenvalue weighted by Gasteiger charge is 2.30. The van der Waals surface area contributed by atoms with Gasteiger partial charge in [-0.2, -0.15) is 8.42 Å². The zero-order chi connectivity index (χ0) is 21.3. The molecule has 1 saturated carbocycles. The summed E-state index contributed by atoms with van der Waals surface area (Å²) in [6.45, 7) is 5.00. The number of anilines is 2. The van der Waals surface area contributed by atoms with E-state index in [-0.39, 0.29) is 22.5 Å². The molecule has 0 spiro atoms. The summed E-state index contributed by atoms with van der Waals surface area (Å²) in [7, 11) is -3.98. The van der Waals surface area contributed by atoms with Gasteiger partial charge in [0.2, 0.25) is 11.9 Å². The average molecular weight is 429 g/mol. The minimum atomic E-state index is -3.98. The monoisotopic (exact) mass is 428 g/mol. The van der Waals surface area contributed by atoms with E-state index in [2.05, 4.69) is 34.4 Å². The SMILES string of the molecule is CC(C)CNc1ccc(S(=O)(=O)Oc2ccc3[nH]c(NC(=O)C4CC4)nc3c2)cc1. The summed E-state index contributed by atoms with van der Waals surface area (Å²) in [6.07, 6.45) is 1.80. The molecular formula is C21H24N4O4S. The number of nitrogens with zero attached hydrogens (tertiary/aromatic N) is 1. The predicted molar refractivity (Wildman–Crippen MR) is 115 cm³/mol. The smallest absolute Gasteiger partial charge is 0.339 e. The van der Waals surface area contributed by atoms with Gasteiger partial charge in [0.1, 0.15) is 10.6 Å². The van der Waals surface area contributed by atoms with Gasteiger partial charge in [-0.3, -0.25) is 10.1 Å². The molecule has 0 atom stereocenters. The van der Waals surface area contributed by atoms with E-state index in [1.807, 2.05) is 0 Å². The molecular weight excluding hydrogens is 404 g/mol. The lowest BCUT2D eigenvalue weighted by Gasteiger charge is -2.10. The van der Waals surface area contributed by atoms with Gasteiger partial charge in [0.15, 0.2) is 0 Å². The van der Waals surface area contributed by atoms with Crippen LogP contribution in [0.3, 0.4) is 0 Å². The average Bonchev–Trinajstić information content (AvgIpc) is 3.47. The molecule has 0 bridgehead atoms. The highest BCUT2D eigenvalue weighted by molar-refractivity contribution is 7.87. The number of amides is 1. The third kappa shape index (κ3) is 4.73. The van der Waals surface area contributed by atoms with Gasteiger partial charge in [-0.05, 0) is 55.2 Å². The normalized spacial score (nSPS) is 14.1. The van der Waals surface area contributed by atoms with Crippen LogP contribution in [0.15, 0.2) is 47.4 Å². The Hall–Kier alpha value is -3.07. The molecule has 0 unspecified atom stereocenters. The molecule has 0 radical (unpaired) electrons. The molecule has 3 aromatic rings. The summed E-state index contributed by atoms with van der Waals surface area (Å²) in [4.78, 5) is 19.3. The van der Waals surface area contributed by atoms with Crippen molar-refractivity contribution in [1.82, 2.24) is 9.97 Å². The van der Waals surface area contributed by atoms with Crippen LogP contribution in [0.2, 0.25) is 0 Å². The maximum atomic E-state index is 12.6. The molecule has 1 fully saturated rings. The fourth-order valence-electron chi connectivity index (χ4n) is 2.90. The summed E-state index contributed by atoms with van der Waals surface area (Å²) in [6, 6.07) is 11.2. The first-order valence-corrected chi connectivity index (χ1v) is 11.3. The molecule has 1 aliphatic rings. The second-order valence-electron chi connectivity index (χ2n) is 7.86. The van der Waals surface area contributed by atoms with E-state index in [9.17, 15) is 13.2 Å². The minimum absolute atomic E-state index is 0.0561. The summed E-state index contributed by atoms with van der Waals surface area (Å²) in [5.74, 6) is 0.979. The lowest BCUT2D eigenvalue weighted by molar-refractivity contribution is -0.117. The van der Waals surface area contributed by atoms with E-state index in [4.69, 9.17) is 4.18 Å². The Morgan fingerprint density at radius 1 is 1.20 bits per heavy atom. The lowest BCUT2D eigenvalue weighted by Crippen LogP contribution is -2.14. The standard InChI is InChI=1S/C21H24N4O4S/c1-13(2)12-22-15-5-8-17(9-6-15)30(27,28)29-16-7-10-18-19(11-16)24-21(23-18)25-20(26)14-3-4-14/h5-11,13-14,22H,3-4,12H2,1-2H3,(H2,23,24,25,26). The Balaban J connectivity index is 1.47. The van der Waals surface area contributed by atoms with Crippen LogP contribution in [0.1, 0.15) is 26.7 Å². The fraction of sp³-hybridized carbons (Fsp3) is 0.333. The molecule has 158 valence electrons. The molecule has 4 rings (SSSR count). The number of hydrogen-bond donors (Lipinski definition) is 3. The van der Waals surface area contributed by atoms with Crippen molar-refractivity contribution in [2.24, 2.45) is 11.8 Å². The zero-order valence-electron chi connectivity index (χ0n) is 16.8. The maximum absolute atomic E-state index is 12.6. The number of benzene rings is 2. The van der Waals surface area contributed by atoms with Crippen molar-refractivity contribution in [2.75, 3.05) is 17.2 Å². The van der Waals surface area contributed by atoms with Crippen molar-refractivity contribution in [3.63, 3.8) is 0 Å². The number of aromatic amines is 1. The van der Waals surface area contributed by atoms with Crippen LogP contribution in [0.4, 0.5) is 11.6 Å². The summed E-state index contributed by atoms with van der Waals surface area (Å²) in [5.41, 5.74) is 2.02. The highest BCUT2D eigenvalue weighted by atomic mass is 32.2. The number of imidazole rings is 1. The molecule has 30 heavy (non-hydrogen) atoms. The van der Waals surface area contributed by atoms with Gasteiger partial charge in [-0.1, -0.05) is 13.8 Å². The number of carbonyl (C=O) groups is 1. The van der Waals surface area contributed by atoms with Crippen molar-refractivity contribution in [1.29, 1.82) is 0 Å². The van der Waals surface area contributed by atoms with E-state index >= 15 is 0 Å². The topological polar surface area (TPSA) is 113 Å². The number of rotatable bonds is 8. The van der Waals surface area contributed by atoms with Crippen LogP contribution >= 0.6 is 0 Å². The molecule has 2 aromatic carbocycles. The fourth-order valence-corrected chi connectivity index (χ4v) is 3.82. The van der Waals surface area contributed by atoms with Crippen molar-refractivity contribution in [3.8, 4) is 5.75 Å². The molecule has 3 N–H and O–H groups in total. The number of hydrogen-bond acceptors (Lipinski definition) is 6. The molecule has 1 heterocycles. The highest BCUT2D eigenvalue weighted by Crippen LogP contribution is 2.30. The zero-order valence-corrected chi connectivity index (χ0v) is 17.6. The summed E-state index contributed by atoms with van der Waals surface area (Å²) >= 11 is 0. The van der Waals surface area contributed by atoms with Crippen LogP contribution in [0.25, 0.3) is 11.0 Å². The van der Waals surface area contributed by atoms with E-state index in [1.165, 1.54) is 18.2 Å². The van der Waals surface area contributed by atoms with Gasteiger partial charge in [0, 0.05) is 24.2 Å². The number of nitrogens with one attached hydrogen (secondary N) is 3. The van der Waals surface area contributed by atoms with Gasteiger partial charge < -0.3 is 14.5 Å². The third-order valence-electron chi connectivity index (χ3n) is 4.71. The predicted octanol–water partition coefficient (Wildman–Crippen LogP) is 3.75. The lowest BCUT2D eigenvalue weighted by atomic mass is 10.2. The Morgan fingerprint density at radius 2 is 1.93 bits per heavy atom. The third-order valence-corrected chi connectivity index (χ3v) is 5.97. The van der Waals surface area contributed by atoms with E-state index in [0.29, 0.717) is 22.9 Å². The Labute approximate surface area is 175 Å². The maximum Gasteiger partial charge on any atom is 0.339 e. The molecule has 8 nitrogen and oxygen atoms in total. The van der Waals surface area contributed by atoms with Gasteiger partial charge in [-0.25, -0.2) is 4.98 Å². The van der Waals surface area contributed by atoms with Crippen LogP contribution < -0.4 is 14.8 Å². The quantitative estimate of drug-likeness (QED) is 0.471. The summed E-state index contributed by atoms with van der Waals surface area (Å²) < 4.78 is 30.5. The first kappa shape index (κ1) is 20.2. The number of fused-ring (bicyclic) bond motifs is 1. The van der Waals surface area contributed by atoms with Gasteiger partial charge in [0.05, 0.1) is 11.0 Å². The van der Waals surface area contributed by atoms with Crippen molar-refractivity contribution in [2.45, 2.75) is 31.6 Å². The van der Waals surface area contributed by atoms with Gasteiger partial charge in [0.25, 0.3) is 0 Å². The number of aromatic nitrogens is 2. The van der Waals surface area contributed by atoms with E-state index in [1.54, 1.807) is 24.3 Å². The molecule has 0 aliphatic heterocycles. The molecule has 1 aromatic heterocycles. The summed E-state index contributed by atoms with van der Waals surface area (Å²) in [5, 5.41) is 5.98. The molecule has 1 amide bonds. The largest absolute Gasteiger partial charge is 0.385 e. The second kappa shape index (κ2) is 7.98. The second-order valence-corrected chi connectivity index (χ2v) is 9.41. The first-order valence-electron chi connectivity index (χ1n) is 9.89. The number of carbonyl (C=O) groups excluding carboxylic acids is 1. The number of H-pyrrole nitrogens is 1. The van der Waals surface area contributed by atoms with Crippen molar-refractivity contribution < 1.29 is 17.4 Å². The van der Waals surface area contributed by atoms with Crippen molar-refractivity contribution in [3.05, 3.63) is 42.5 Å². The first-order chi connectivity index (χ1) is 14.3.